The van der Waals surface area contributed by atoms with Gasteiger partial charge in [-0.3, -0.25) is 9.20 Å². The van der Waals surface area contributed by atoms with Crippen LogP contribution in [0.3, 0.4) is 0 Å². The molecule has 0 aliphatic heterocycles. The number of thioether (sulfide) groups is 1. The van der Waals surface area contributed by atoms with Crippen LogP contribution in [0.5, 0.6) is 0 Å². The summed E-state index contributed by atoms with van der Waals surface area (Å²) in [5.74, 6) is -0.500. The largest absolute Gasteiger partial charge is 0.462 e. The fraction of sp³-hybridized carbons (Fsp3) is 0.238. The second kappa shape index (κ2) is 8.85. The first-order valence-corrected chi connectivity index (χ1v) is 11.3. The molecule has 1 amide bonds. The lowest BCUT2D eigenvalue weighted by molar-refractivity contribution is -0.115. The van der Waals surface area contributed by atoms with Crippen LogP contribution in [-0.4, -0.2) is 38.3 Å². The molecular weight excluding hydrogens is 420 g/mol. The molecule has 0 fully saturated rings. The van der Waals surface area contributed by atoms with E-state index in [1.165, 1.54) is 11.8 Å². The molecule has 0 radical (unpaired) electrons. The average Bonchev–Trinajstić information content (AvgIpc) is 3.34. The number of benzene rings is 1. The van der Waals surface area contributed by atoms with E-state index in [9.17, 15) is 9.59 Å². The van der Waals surface area contributed by atoms with Gasteiger partial charge < -0.3 is 10.1 Å². The number of rotatable bonds is 7. The third kappa shape index (κ3) is 4.03. The fourth-order valence-corrected chi connectivity index (χ4v) is 4.87. The molecule has 0 saturated carbocycles. The van der Waals surface area contributed by atoms with Crippen LogP contribution in [0.1, 0.15) is 30.6 Å². The van der Waals surface area contributed by atoms with Crippen molar-refractivity contribution < 1.29 is 14.3 Å². The summed E-state index contributed by atoms with van der Waals surface area (Å²) in [6, 6.07) is 10.8. The molecule has 0 saturated heterocycles. The van der Waals surface area contributed by atoms with E-state index in [0.29, 0.717) is 24.3 Å². The molecule has 4 aromatic rings. The maximum atomic E-state index is 12.9. The molecule has 1 atom stereocenters. The van der Waals surface area contributed by atoms with Gasteiger partial charge in [-0.15, -0.1) is 21.5 Å². The van der Waals surface area contributed by atoms with E-state index in [4.69, 9.17) is 4.74 Å². The quantitative estimate of drug-likeness (QED) is 0.333. The van der Waals surface area contributed by atoms with Crippen LogP contribution in [-0.2, 0) is 9.53 Å². The first kappa shape index (κ1) is 20.4. The van der Waals surface area contributed by atoms with Crippen LogP contribution in [0.4, 0.5) is 5.69 Å². The standard InChI is InChI=1S/C21H20N4O3S2/c1-3-17(19(26)23-14-7-5-13(6-8-14)21(27)28-4-2)30-20-16-11-18-15(9-10-29-18)25(16)12-22-24-20/h5-12,17H,3-4H2,1-2H3,(H,23,26). The van der Waals surface area contributed by atoms with Crippen molar-refractivity contribution in [1.29, 1.82) is 0 Å². The van der Waals surface area contributed by atoms with E-state index in [1.54, 1.807) is 48.9 Å². The summed E-state index contributed by atoms with van der Waals surface area (Å²) in [4.78, 5) is 24.6. The van der Waals surface area contributed by atoms with Gasteiger partial charge in [0.15, 0.2) is 0 Å². The predicted octanol–water partition coefficient (Wildman–Crippen LogP) is 4.63. The summed E-state index contributed by atoms with van der Waals surface area (Å²) in [5, 5.41) is 13.7. The van der Waals surface area contributed by atoms with Gasteiger partial charge in [0.2, 0.25) is 5.91 Å². The van der Waals surface area contributed by atoms with Crippen LogP contribution in [0.15, 0.2) is 53.1 Å². The van der Waals surface area contributed by atoms with Crippen molar-refractivity contribution in [3.8, 4) is 0 Å². The molecule has 7 nitrogen and oxygen atoms in total. The Morgan fingerprint density at radius 1 is 1.20 bits per heavy atom. The molecule has 3 heterocycles. The lowest BCUT2D eigenvalue weighted by Crippen LogP contribution is -2.24. The van der Waals surface area contributed by atoms with Crippen molar-refractivity contribution in [2.45, 2.75) is 30.5 Å². The highest BCUT2D eigenvalue weighted by Gasteiger charge is 2.21. The topological polar surface area (TPSA) is 85.6 Å². The Bertz CT molecular complexity index is 1200. The van der Waals surface area contributed by atoms with E-state index < -0.39 is 0 Å². The second-order valence-corrected chi connectivity index (χ2v) is 8.65. The van der Waals surface area contributed by atoms with E-state index in [1.807, 2.05) is 22.8 Å². The van der Waals surface area contributed by atoms with Gasteiger partial charge in [-0.2, -0.15) is 0 Å². The van der Waals surface area contributed by atoms with E-state index >= 15 is 0 Å². The fourth-order valence-electron chi connectivity index (χ4n) is 3.08. The molecule has 0 spiro atoms. The van der Waals surface area contributed by atoms with Crippen molar-refractivity contribution in [2.75, 3.05) is 11.9 Å². The van der Waals surface area contributed by atoms with Crippen molar-refractivity contribution in [2.24, 2.45) is 0 Å². The molecule has 3 aromatic heterocycles. The Balaban J connectivity index is 1.49. The van der Waals surface area contributed by atoms with E-state index in [-0.39, 0.29) is 17.1 Å². The van der Waals surface area contributed by atoms with Gasteiger partial charge in [-0.05, 0) is 55.1 Å². The van der Waals surface area contributed by atoms with Gasteiger partial charge in [0, 0.05) is 5.69 Å². The number of nitrogens with one attached hydrogen (secondary N) is 1. The number of aromatic nitrogens is 3. The highest BCUT2D eigenvalue weighted by Crippen LogP contribution is 2.32. The molecule has 1 N–H and O–H groups in total. The number of carbonyl (C=O) groups excluding carboxylic acids is 2. The number of hydrogen-bond donors (Lipinski definition) is 1. The van der Waals surface area contributed by atoms with Gasteiger partial charge in [0.1, 0.15) is 11.4 Å². The zero-order valence-corrected chi connectivity index (χ0v) is 18.1. The normalized spacial score (nSPS) is 12.2. The minimum absolute atomic E-state index is 0.122. The summed E-state index contributed by atoms with van der Waals surface area (Å²) in [7, 11) is 0. The highest BCUT2D eigenvalue weighted by atomic mass is 32.2. The van der Waals surface area contributed by atoms with Gasteiger partial charge >= 0.3 is 5.97 Å². The van der Waals surface area contributed by atoms with Crippen LogP contribution in [0.2, 0.25) is 0 Å². The Kier molecular flexibility index (Phi) is 6.01. The molecule has 0 aliphatic rings. The number of thiophene rings is 1. The molecule has 4 rings (SSSR count). The number of carbonyl (C=O) groups is 2. The number of fused-ring (bicyclic) bond motifs is 3. The predicted molar refractivity (Wildman–Crippen MR) is 119 cm³/mol. The SMILES string of the molecule is CCOC(=O)c1ccc(NC(=O)C(CC)Sc2nncn3c2cc2sccc23)cc1. The minimum Gasteiger partial charge on any atom is -0.462 e. The zero-order chi connectivity index (χ0) is 21.1. The van der Waals surface area contributed by atoms with Gasteiger partial charge in [-0.25, -0.2) is 4.79 Å². The number of nitrogens with zero attached hydrogens (tertiary/aromatic N) is 3. The van der Waals surface area contributed by atoms with Crippen LogP contribution in [0.25, 0.3) is 15.7 Å². The average molecular weight is 441 g/mol. The van der Waals surface area contributed by atoms with E-state index in [0.717, 1.165) is 20.8 Å². The highest BCUT2D eigenvalue weighted by molar-refractivity contribution is 8.00. The van der Waals surface area contributed by atoms with Crippen molar-refractivity contribution in [3.05, 3.63) is 53.7 Å². The Morgan fingerprint density at radius 3 is 2.73 bits per heavy atom. The minimum atomic E-state index is -0.379. The summed E-state index contributed by atoms with van der Waals surface area (Å²) >= 11 is 3.07. The third-order valence-corrected chi connectivity index (χ3v) is 6.77. The summed E-state index contributed by atoms with van der Waals surface area (Å²) in [5.41, 5.74) is 3.11. The Morgan fingerprint density at radius 2 is 2.00 bits per heavy atom. The maximum Gasteiger partial charge on any atom is 0.338 e. The smallest absolute Gasteiger partial charge is 0.338 e. The molecule has 30 heavy (non-hydrogen) atoms. The van der Waals surface area contributed by atoms with E-state index in [2.05, 4.69) is 21.6 Å². The lowest BCUT2D eigenvalue weighted by Gasteiger charge is -2.14. The Hall–Kier alpha value is -2.91. The Labute approximate surface area is 181 Å². The van der Waals surface area contributed by atoms with Crippen LogP contribution in [0, 0.1) is 0 Å². The molecule has 9 heteroatoms. The first-order chi connectivity index (χ1) is 14.6. The second-order valence-electron chi connectivity index (χ2n) is 6.51. The summed E-state index contributed by atoms with van der Waals surface area (Å²) in [6.07, 6.45) is 2.33. The van der Waals surface area contributed by atoms with Gasteiger partial charge in [-0.1, -0.05) is 18.7 Å². The molecular formula is C21H20N4O3S2. The number of anilines is 1. The van der Waals surface area contributed by atoms with Crippen molar-refractivity contribution >= 4 is 56.4 Å². The number of hydrogen-bond acceptors (Lipinski definition) is 7. The monoisotopic (exact) mass is 440 g/mol. The zero-order valence-electron chi connectivity index (χ0n) is 16.5. The molecule has 1 unspecified atom stereocenters. The molecule has 1 aromatic carbocycles. The summed E-state index contributed by atoms with van der Waals surface area (Å²) < 4.78 is 8.14. The number of esters is 1. The number of amides is 1. The third-order valence-electron chi connectivity index (χ3n) is 4.58. The molecule has 0 aliphatic carbocycles. The number of ether oxygens (including phenoxy) is 1. The van der Waals surface area contributed by atoms with Crippen LogP contribution < -0.4 is 5.32 Å². The molecule has 0 bridgehead atoms. The lowest BCUT2D eigenvalue weighted by atomic mass is 10.2. The van der Waals surface area contributed by atoms with Gasteiger partial charge in [0.25, 0.3) is 0 Å². The molecule has 154 valence electrons. The van der Waals surface area contributed by atoms with Crippen molar-refractivity contribution in [1.82, 2.24) is 14.6 Å². The van der Waals surface area contributed by atoms with Crippen LogP contribution >= 0.6 is 23.1 Å². The first-order valence-electron chi connectivity index (χ1n) is 9.55. The summed E-state index contributed by atoms with van der Waals surface area (Å²) in [6.45, 7) is 4.05. The maximum absolute atomic E-state index is 12.9. The van der Waals surface area contributed by atoms with Crippen molar-refractivity contribution in [3.63, 3.8) is 0 Å². The van der Waals surface area contributed by atoms with Gasteiger partial charge in [0.05, 0.1) is 33.2 Å².